The quantitative estimate of drug-likeness (QED) is 0.455. The third kappa shape index (κ3) is 3.80. The molecule has 0 radical (unpaired) electrons. The fraction of sp³-hybridized carbons (Fsp3) is 0.455. The van der Waals surface area contributed by atoms with Gasteiger partial charge in [0.15, 0.2) is 0 Å². The van der Waals surface area contributed by atoms with Crippen LogP contribution in [0.2, 0.25) is 0 Å². The molecule has 0 fully saturated rings. The standard InChI is InChI=1S/C11H13F3N2O5/c12-11(13,14)8-3-7(1-2-9(8)16(20)21)15-10(4-17,5-18)6-19/h1-3,15,17-19H,4-6H2. The van der Waals surface area contributed by atoms with Gasteiger partial charge in [0.1, 0.15) is 11.1 Å². The summed E-state index contributed by atoms with van der Waals surface area (Å²) >= 11 is 0. The van der Waals surface area contributed by atoms with Crippen molar-refractivity contribution in [3.8, 4) is 0 Å². The smallest absolute Gasteiger partial charge is 0.394 e. The maximum atomic E-state index is 12.8. The lowest BCUT2D eigenvalue weighted by molar-refractivity contribution is -0.388. The Labute approximate surface area is 116 Å². The number of aliphatic hydroxyl groups excluding tert-OH is 3. The summed E-state index contributed by atoms with van der Waals surface area (Å²) < 4.78 is 38.4. The number of aliphatic hydroxyl groups is 3. The van der Waals surface area contributed by atoms with E-state index in [9.17, 15) is 23.3 Å². The zero-order valence-corrected chi connectivity index (χ0v) is 10.6. The Morgan fingerprint density at radius 3 is 2.05 bits per heavy atom. The van der Waals surface area contributed by atoms with E-state index in [0.717, 1.165) is 6.07 Å². The SMILES string of the molecule is O=[N+]([O-])c1ccc(NC(CO)(CO)CO)cc1C(F)(F)F. The lowest BCUT2D eigenvalue weighted by Crippen LogP contribution is -2.49. The third-order valence-corrected chi connectivity index (χ3v) is 2.82. The molecule has 1 aromatic carbocycles. The molecule has 0 saturated heterocycles. The molecular weight excluding hydrogens is 297 g/mol. The van der Waals surface area contributed by atoms with Crippen LogP contribution in [-0.4, -0.2) is 45.6 Å². The summed E-state index contributed by atoms with van der Waals surface area (Å²) in [5, 5.41) is 40.2. The Morgan fingerprint density at radius 2 is 1.67 bits per heavy atom. The predicted octanol–water partition coefficient (Wildman–Crippen LogP) is 0.741. The molecule has 0 atom stereocenters. The monoisotopic (exact) mass is 310 g/mol. The van der Waals surface area contributed by atoms with Crippen molar-refractivity contribution in [2.45, 2.75) is 11.7 Å². The Bertz CT molecular complexity index is 509. The van der Waals surface area contributed by atoms with Crippen molar-refractivity contribution in [3.05, 3.63) is 33.9 Å². The summed E-state index contributed by atoms with van der Waals surface area (Å²) in [6.45, 7) is -2.25. The summed E-state index contributed by atoms with van der Waals surface area (Å²) in [6.07, 6.45) is -4.94. The highest BCUT2D eigenvalue weighted by Gasteiger charge is 2.39. The van der Waals surface area contributed by atoms with Crippen LogP contribution in [-0.2, 0) is 6.18 Å². The van der Waals surface area contributed by atoms with E-state index in [2.05, 4.69) is 5.32 Å². The van der Waals surface area contributed by atoms with Crippen molar-refractivity contribution < 1.29 is 33.4 Å². The van der Waals surface area contributed by atoms with Gasteiger partial charge in [-0.1, -0.05) is 0 Å². The van der Waals surface area contributed by atoms with Gasteiger partial charge in [-0.25, -0.2) is 0 Å². The molecule has 1 aromatic rings. The number of anilines is 1. The molecule has 0 aliphatic carbocycles. The zero-order chi connectivity index (χ0) is 16.3. The van der Waals surface area contributed by atoms with Gasteiger partial charge in [0.25, 0.3) is 5.69 Å². The molecule has 0 heterocycles. The highest BCUT2D eigenvalue weighted by molar-refractivity contribution is 5.56. The molecule has 7 nitrogen and oxygen atoms in total. The van der Waals surface area contributed by atoms with E-state index in [0.29, 0.717) is 12.1 Å². The lowest BCUT2D eigenvalue weighted by Gasteiger charge is -2.30. The third-order valence-electron chi connectivity index (χ3n) is 2.82. The van der Waals surface area contributed by atoms with E-state index < -0.39 is 47.7 Å². The number of benzene rings is 1. The Morgan fingerprint density at radius 1 is 1.14 bits per heavy atom. The van der Waals surface area contributed by atoms with E-state index in [1.54, 1.807) is 0 Å². The van der Waals surface area contributed by atoms with Crippen molar-refractivity contribution in [3.63, 3.8) is 0 Å². The molecule has 4 N–H and O–H groups in total. The average Bonchev–Trinajstić information content (AvgIpc) is 2.43. The number of nitro benzene ring substituents is 1. The molecule has 0 amide bonds. The molecule has 0 aliphatic heterocycles. The fourth-order valence-electron chi connectivity index (χ4n) is 1.57. The Balaban J connectivity index is 3.26. The van der Waals surface area contributed by atoms with Crippen LogP contribution in [0.5, 0.6) is 0 Å². The van der Waals surface area contributed by atoms with Crippen molar-refractivity contribution in [2.75, 3.05) is 25.1 Å². The minimum Gasteiger partial charge on any atom is -0.394 e. The molecular formula is C11H13F3N2O5. The van der Waals surface area contributed by atoms with Crippen molar-refractivity contribution in [1.82, 2.24) is 0 Å². The second-order valence-corrected chi connectivity index (χ2v) is 4.37. The van der Waals surface area contributed by atoms with Gasteiger partial charge < -0.3 is 20.6 Å². The molecule has 10 heteroatoms. The van der Waals surface area contributed by atoms with Gasteiger partial charge in [-0.3, -0.25) is 10.1 Å². The van der Waals surface area contributed by atoms with Crippen LogP contribution in [0, 0.1) is 10.1 Å². The molecule has 1 rings (SSSR count). The number of halogens is 3. The number of alkyl halides is 3. The summed E-state index contributed by atoms with van der Waals surface area (Å²) in [5.41, 5.74) is -4.46. The first kappa shape index (κ1) is 17.1. The van der Waals surface area contributed by atoms with Gasteiger partial charge in [-0.2, -0.15) is 13.2 Å². The Hall–Kier alpha value is -1.91. The van der Waals surface area contributed by atoms with Crippen LogP contribution >= 0.6 is 0 Å². The van der Waals surface area contributed by atoms with Gasteiger partial charge in [0, 0.05) is 11.8 Å². The van der Waals surface area contributed by atoms with Crippen LogP contribution < -0.4 is 5.32 Å². The van der Waals surface area contributed by atoms with Crippen LogP contribution in [0.15, 0.2) is 18.2 Å². The first-order valence-electron chi connectivity index (χ1n) is 5.65. The molecule has 0 bridgehead atoms. The van der Waals surface area contributed by atoms with E-state index in [1.807, 2.05) is 0 Å². The highest BCUT2D eigenvalue weighted by Crippen LogP contribution is 2.37. The van der Waals surface area contributed by atoms with Crippen molar-refractivity contribution in [1.29, 1.82) is 0 Å². The van der Waals surface area contributed by atoms with Gasteiger partial charge in [0.05, 0.1) is 24.7 Å². The van der Waals surface area contributed by atoms with Gasteiger partial charge in [-0.15, -0.1) is 0 Å². The highest BCUT2D eigenvalue weighted by atomic mass is 19.4. The molecule has 118 valence electrons. The number of hydrogen-bond donors (Lipinski definition) is 4. The van der Waals surface area contributed by atoms with Crippen LogP contribution in [0.25, 0.3) is 0 Å². The number of nitro groups is 1. The van der Waals surface area contributed by atoms with E-state index in [-0.39, 0.29) is 5.69 Å². The van der Waals surface area contributed by atoms with E-state index in [1.165, 1.54) is 0 Å². The lowest BCUT2D eigenvalue weighted by atomic mass is 10.0. The van der Waals surface area contributed by atoms with E-state index >= 15 is 0 Å². The Kier molecular flexibility index (Phi) is 5.10. The number of nitrogens with one attached hydrogen (secondary N) is 1. The second-order valence-electron chi connectivity index (χ2n) is 4.37. The summed E-state index contributed by atoms with van der Waals surface area (Å²) in [4.78, 5) is 9.44. The fourth-order valence-corrected chi connectivity index (χ4v) is 1.57. The average molecular weight is 310 g/mol. The first-order chi connectivity index (χ1) is 9.69. The summed E-state index contributed by atoms with van der Waals surface area (Å²) in [7, 11) is 0. The molecule has 0 saturated carbocycles. The summed E-state index contributed by atoms with van der Waals surface area (Å²) in [5.74, 6) is 0. The van der Waals surface area contributed by atoms with Crippen molar-refractivity contribution >= 4 is 11.4 Å². The zero-order valence-electron chi connectivity index (χ0n) is 10.6. The van der Waals surface area contributed by atoms with Crippen LogP contribution in [0.1, 0.15) is 5.56 Å². The number of hydrogen-bond acceptors (Lipinski definition) is 6. The normalized spacial score (nSPS) is 12.3. The minimum absolute atomic E-state index is 0.231. The number of nitrogens with zero attached hydrogens (tertiary/aromatic N) is 1. The summed E-state index contributed by atoms with van der Waals surface area (Å²) in [6, 6.07) is 2.12. The van der Waals surface area contributed by atoms with Gasteiger partial charge >= 0.3 is 6.18 Å². The number of rotatable bonds is 6. The molecule has 0 spiro atoms. The molecule has 0 aromatic heterocycles. The molecule has 0 unspecified atom stereocenters. The molecule has 0 aliphatic rings. The van der Waals surface area contributed by atoms with Gasteiger partial charge in [0.2, 0.25) is 0 Å². The second kappa shape index (κ2) is 6.24. The van der Waals surface area contributed by atoms with E-state index in [4.69, 9.17) is 15.3 Å². The van der Waals surface area contributed by atoms with Crippen molar-refractivity contribution in [2.24, 2.45) is 0 Å². The topological polar surface area (TPSA) is 116 Å². The van der Waals surface area contributed by atoms with Crippen LogP contribution in [0.3, 0.4) is 0 Å². The van der Waals surface area contributed by atoms with Crippen LogP contribution in [0.4, 0.5) is 24.5 Å². The molecule has 21 heavy (non-hydrogen) atoms. The minimum atomic E-state index is -4.94. The first-order valence-corrected chi connectivity index (χ1v) is 5.65. The predicted molar refractivity (Wildman–Crippen MR) is 65.7 cm³/mol. The maximum absolute atomic E-state index is 12.8. The maximum Gasteiger partial charge on any atom is 0.423 e. The van der Waals surface area contributed by atoms with Gasteiger partial charge in [-0.05, 0) is 12.1 Å². The largest absolute Gasteiger partial charge is 0.423 e.